The second-order valence-electron chi connectivity index (χ2n) is 5.25. The number of aliphatic hydroxyl groups excluding tert-OH is 1. The van der Waals surface area contributed by atoms with E-state index in [0.717, 1.165) is 37.3 Å². The van der Waals surface area contributed by atoms with Crippen molar-refractivity contribution in [2.24, 2.45) is 0 Å². The summed E-state index contributed by atoms with van der Waals surface area (Å²) in [6, 6.07) is 7.64. The topological polar surface area (TPSA) is 50.7 Å². The number of benzene rings is 1. The molecule has 0 saturated carbocycles. The van der Waals surface area contributed by atoms with Crippen LogP contribution in [0.1, 0.15) is 33.1 Å². The van der Waals surface area contributed by atoms with Gasteiger partial charge in [0.25, 0.3) is 0 Å². The molecule has 1 unspecified atom stereocenters. The summed E-state index contributed by atoms with van der Waals surface area (Å²) in [5, 5.41) is 12.9. The number of methoxy groups -OCH3 is 1. The molecule has 4 nitrogen and oxygen atoms in total. The van der Waals surface area contributed by atoms with Gasteiger partial charge in [-0.1, -0.05) is 19.1 Å². The van der Waals surface area contributed by atoms with Crippen LogP contribution in [0.4, 0.5) is 0 Å². The molecule has 0 heterocycles. The summed E-state index contributed by atoms with van der Waals surface area (Å²) in [5.41, 5.74) is -0.222. The number of para-hydroxylation sites is 2. The van der Waals surface area contributed by atoms with Crippen molar-refractivity contribution >= 4 is 0 Å². The van der Waals surface area contributed by atoms with E-state index in [1.807, 2.05) is 31.2 Å². The minimum absolute atomic E-state index is 0.141. The maximum atomic E-state index is 9.49. The Balaban J connectivity index is 2.36. The molecule has 2 N–H and O–H groups in total. The zero-order valence-electron chi connectivity index (χ0n) is 12.8. The summed E-state index contributed by atoms with van der Waals surface area (Å²) in [4.78, 5) is 0. The third kappa shape index (κ3) is 5.39. The summed E-state index contributed by atoms with van der Waals surface area (Å²) in [6.45, 7) is 5.84. The molecule has 0 aliphatic heterocycles. The highest BCUT2D eigenvalue weighted by Crippen LogP contribution is 2.26. The fourth-order valence-corrected chi connectivity index (χ4v) is 2.03. The van der Waals surface area contributed by atoms with Crippen LogP contribution in [0.15, 0.2) is 24.3 Å². The molecule has 114 valence electrons. The molecule has 1 aromatic rings. The quantitative estimate of drug-likeness (QED) is 0.647. The van der Waals surface area contributed by atoms with Gasteiger partial charge in [-0.05, 0) is 44.9 Å². The predicted octanol–water partition coefficient (Wildman–Crippen LogP) is 2.60. The van der Waals surface area contributed by atoms with Crippen LogP contribution in [-0.2, 0) is 0 Å². The Morgan fingerprint density at radius 3 is 2.55 bits per heavy atom. The fraction of sp³-hybridized carbons (Fsp3) is 0.625. The Morgan fingerprint density at radius 1 is 1.25 bits per heavy atom. The van der Waals surface area contributed by atoms with Gasteiger partial charge in [0.1, 0.15) is 0 Å². The molecule has 0 aliphatic rings. The summed E-state index contributed by atoms with van der Waals surface area (Å²) in [5.74, 6) is 1.52. The number of rotatable bonds is 10. The Morgan fingerprint density at radius 2 is 1.95 bits per heavy atom. The van der Waals surface area contributed by atoms with E-state index >= 15 is 0 Å². The third-order valence-corrected chi connectivity index (χ3v) is 3.35. The molecule has 0 fully saturated rings. The van der Waals surface area contributed by atoms with Gasteiger partial charge in [0, 0.05) is 5.54 Å². The third-order valence-electron chi connectivity index (χ3n) is 3.35. The van der Waals surface area contributed by atoms with Gasteiger partial charge in [-0.25, -0.2) is 0 Å². The zero-order valence-corrected chi connectivity index (χ0v) is 12.8. The van der Waals surface area contributed by atoms with Crippen LogP contribution in [0.2, 0.25) is 0 Å². The van der Waals surface area contributed by atoms with E-state index < -0.39 is 0 Å². The molecule has 4 heteroatoms. The van der Waals surface area contributed by atoms with Gasteiger partial charge in [-0.2, -0.15) is 0 Å². The monoisotopic (exact) mass is 281 g/mol. The van der Waals surface area contributed by atoms with Crippen LogP contribution in [0.25, 0.3) is 0 Å². The number of hydrogen-bond acceptors (Lipinski definition) is 4. The van der Waals surface area contributed by atoms with Gasteiger partial charge >= 0.3 is 0 Å². The molecule has 1 atom stereocenters. The van der Waals surface area contributed by atoms with E-state index in [1.54, 1.807) is 7.11 Å². The molecule has 1 rings (SSSR count). The smallest absolute Gasteiger partial charge is 0.161 e. The predicted molar refractivity (Wildman–Crippen MR) is 81.5 cm³/mol. The number of hydrogen-bond donors (Lipinski definition) is 2. The van der Waals surface area contributed by atoms with E-state index in [0.29, 0.717) is 6.61 Å². The first-order chi connectivity index (χ1) is 9.65. The van der Waals surface area contributed by atoms with Gasteiger partial charge in [0.2, 0.25) is 0 Å². The van der Waals surface area contributed by atoms with Crippen LogP contribution >= 0.6 is 0 Å². The fourth-order valence-electron chi connectivity index (χ4n) is 2.03. The second-order valence-corrected chi connectivity index (χ2v) is 5.25. The average molecular weight is 281 g/mol. The number of ether oxygens (including phenoxy) is 2. The standard InChI is InChI=1S/C16H27NO3/c1-4-11-17-16(2,13-18)10-7-12-20-15-9-6-5-8-14(15)19-3/h5-6,8-9,17-18H,4,7,10-13H2,1-3H3. The van der Waals surface area contributed by atoms with Crippen molar-refractivity contribution in [3.8, 4) is 11.5 Å². The van der Waals surface area contributed by atoms with Crippen molar-refractivity contribution in [2.75, 3.05) is 26.9 Å². The molecule has 0 saturated heterocycles. The summed E-state index contributed by atoms with van der Waals surface area (Å²) in [6.07, 6.45) is 2.82. The highest BCUT2D eigenvalue weighted by Gasteiger charge is 2.21. The van der Waals surface area contributed by atoms with Gasteiger partial charge < -0.3 is 19.9 Å². The zero-order chi connectivity index (χ0) is 14.8. The lowest BCUT2D eigenvalue weighted by Crippen LogP contribution is -2.46. The van der Waals surface area contributed by atoms with Gasteiger partial charge in [-0.3, -0.25) is 0 Å². The lowest BCUT2D eigenvalue weighted by atomic mass is 9.97. The lowest BCUT2D eigenvalue weighted by molar-refractivity contribution is 0.155. The van der Waals surface area contributed by atoms with Gasteiger partial charge in [-0.15, -0.1) is 0 Å². The summed E-state index contributed by atoms with van der Waals surface area (Å²) < 4.78 is 11.0. The maximum Gasteiger partial charge on any atom is 0.161 e. The van der Waals surface area contributed by atoms with Crippen LogP contribution in [0, 0.1) is 0 Å². The first-order valence-corrected chi connectivity index (χ1v) is 7.27. The van der Waals surface area contributed by atoms with E-state index in [1.165, 1.54) is 0 Å². The maximum absolute atomic E-state index is 9.49. The molecule has 0 bridgehead atoms. The van der Waals surface area contributed by atoms with Gasteiger partial charge in [0.05, 0.1) is 20.3 Å². The molecule has 0 aromatic heterocycles. The number of aliphatic hydroxyl groups is 1. The van der Waals surface area contributed by atoms with Crippen LogP contribution in [-0.4, -0.2) is 37.5 Å². The van der Waals surface area contributed by atoms with E-state index in [-0.39, 0.29) is 12.1 Å². The SMILES string of the molecule is CCCNC(C)(CO)CCCOc1ccccc1OC. The van der Waals surface area contributed by atoms with Gasteiger partial charge in [0.15, 0.2) is 11.5 Å². The summed E-state index contributed by atoms with van der Waals surface area (Å²) in [7, 11) is 1.64. The highest BCUT2D eigenvalue weighted by molar-refractivity contribution is 5.39. The summed E-state index contributed by atoms with van der Waals surface area (Å²) >= 11 is 0. The minimum Gasteiger partial charge on any atom is -0.493 e. The highest BCUT2D eigenvalue weighted by atomic mass is 16.5. The minimum atomic E-state index is -0.222. The Labute approximate surface area is 122 Å². The lowest BCUT2D eigenvalue weighted by Gasteiger charge is -2.28. The molecular formula is C16H27NO3. The van der Waals surface area contributed by atoms with Crippen LogP contribution < -0.4 is 14.8 Å². The normalized spacial score (nSPS) is 13.8. The molecule has 0 radical (unpaired) electrons. The molecular weight excluding hydrogens is 254 g/mol. The first kappa shape index (κ1) is 16.8. The van der Waals surface area contributed by atoms with Crippen LogP contribution in [0.5, 0.6) is 11.5 Å². The van der Waals surface area contributed by atoms with Crippen LogP contribution in [0.3, 0.4) is 0 Å². The second kappa shape index (κ2) is 8.82. The average Bonchev–Trinajstić information content (AvgIpc) is 2.50. The molecule has 20 heavy (non-hydrogen) atoms. The Kier molecular flexibility index (Phi) is 7.41. The molecule has 1 aromatic carbocycles. The van der Waals surface area contributed by atoms with Crippen molar-refractivity contribution < 1.29 is 14.6 Å². The van der Waals surface area contributed by atoms with E-state index in [4.69, 9.17) is 9.47 Å². The Hall–Kier alpha value is -1.26. The largest absolute Gasteiger partial charge is 0.493 e. The molecule has 0 spiro atoms. The molecule has 0 amide bonds. The van der Waals surface area contributed by atoms with Crippen molar-refractivity contribution in [1.82, 2.24) is 5.32 Å². The van der Waals surface area contributed by atoms with Crippen molar-refractivity contribution in [3.05, 3.63) is 24.3 Å². The molecule has 0 aliphatic carbocycles. The Bertz CT molecular complexity index is 384. The van der Waals surface area contributed by atoms with E-state index in [2.05, 4.69) is 12.2 Å². The van der Waals surface area contributed by atoms with Crippen molar-refractivity contribution in [2.45, 2.75) is 38.6 Å². The van der Waals surface area contributed by atoms with Crippen molar-refractivity contribution in [3.63, 3.8) is 0 Å². The van der Waals surface area contributed by atoms with E-state index in [9.17, 15) is 5.11 Å². The van der Waals surface area contributed by atoms with Crippen molar-refractivity contribution in [1.29, 1.82) is 0 Å². The first-order valence-electron chi connectivity index (χ1n) is 7.27. The number of nitrogens with one attached hydrogen (secondary N) is 1.